The zero-order valence-corrected chi connectivity index (χ0v) is 19.3. The molecule has 1 aliphatic rings. The van der Waals surface area contributed by atoms with E-state index in [2.05, 4.69) is 30.4 Å². The molecule has 0 saturated heterocycles. The predicted octanol–water partition coefficient (Wildman–Crippen LogP) is 5.81. The summed E-state index contributed by atoms with van der Waals surface area (Å²) in [6.07, 6.45) is 1.90. The standard InChI is InChI=1S/C27H26N2O2S/c1-18(2)28-26(30)22-13-11-20(12-14-22)16-25-27(31)29(17-21-8-6-7-19(3)15-21)23-9-4-5-10-24(23)32-25/h4-16,18H,17H2,1-3H3,(H,28,30). The van der Waals surface area contributed by atoms with Crippen LogP contribution in [0, 0.1) is 6.92 Å². The maximum absolute atomic E-state index is 13.5. The third-order valence-corrected chi connectivity index (χ3v) is 6.22. The second kappa shape index (κ2) is 9.45. The van der Waals surface area contributed by atoms with Gasteiger partial charge in [0, 0.05) is 16.5 Å². The summed E-state index contributed by atoms with van der Waals surface area (Å²) < 4.78 is 0. The molecule has 3 aromatic carbocycles. The molecular formula is C27H26N2O2S. The van der Waals surface area contributed by atoms with Crippen molar-refractivity contribution in [1.82, 2.24) is 5.32 Å². The van der Waals surface area contributed by atoms with Gasteiger partial charge in [-0.2, -0.15) is 0 Å². The van der Waals surface area contributed by atoms with Crippen LogP contribution in [0.25, 0.3) is 6.08 Å². The Morgan fingerprint density at radius 1 is 1.03 bits per heavy atom. The average Bonchev–Trinajstić information content (AvgIpc) is 2.76. The van der Waals surface area contributed by atoms with Gasteiger partial charge in [0.15, 0.2) is 0 Å². The Balaban J connectivity index is 1.63. The van der Waals surface area contributed by atoms with Crippen LogP contribution in [0.4, 0.5) is 5.69 Å². The van der Waals surface area contributed by atoms with Gasteiger partial charge in [-0.25, -0.2) is 0 Å². The fourth-order valence-electron chi connectivity index (χ4n) is 3.64. The number of benzene rings is 3. The molecule has 0 unspecified atom stereocenters. The number of aryl methyl sites for hydroxylation is 1. The molecule has 1 heterocycles. The molecule has 1 aliphatic heterocycles. The number of amides is 2. The lowest BCUT2D eigenvalue weighted by molar-refractivity contribution is -0.114. The van der Waals surface area contributed by atoms with Gasteiger partial charge in [-0.15, -0.1) is 0 Å². The summed E-state index contributed by atoms with van der Waals surface area (Å²) in [6.45, 7) is 6.44. The topological polar surface area (TPSA) is 49.4 Å². The first-order chi connectivity index (χ1) is 15.4. The second-order valence-corrected chi connectivity index (χ2v) is 9.29. The van der Waals surface area contributed by atoms with Crippen LogP contribution in [0.1, 0.15) is 40.9 Å². The van der Waals surface area contributed by atoms with Gasteiger partial charge < -0.3 is 10.2 Å². The summed E-state index contributed by atoms with van der Waals surface area (Å²) >= 11 is 1.49. The molecule has 0 fully saturated rings. The Bertz CT molecular complexity index is 1180. The maximum Gasteiger partial charge on any atom is 0.265 e. The number of carbonyl (C=O) groups is 2. The first-order valence-electron chi connectivity index (χ1n) is 10.7. The molecule has 2 amide bonds. The van der Waals surface area contributed by atoms with E-state index in [4.69, 9.17) is 0 Å². The Hall–Kier alpha value is -3.31. The molecule has 0 aliphatic carbocycles. The highest BCUT2D eigenvalue weighted by Gasteiger charge is 2.29. The van der Waals surface area contributed by atoms with Crippen LogP contribution in [0.3, 0.4) is 0 Å². The molecule has 0 atom stereocenters. The highest BCUT2D eigenvalue weighted by atomic mass is 32.2. The second-order valence-electron chi connectivity index (χ2n) is 8.21. The van der Waals surface area contributed by atoms with E-state index < -0.39 is 0 Å². The maximum atomic E-state index is 13.5. The van der Waals surface area contributed by atoms with E-state index in [1.807, 2.05) is 67.3 Å². The fraction of sp³-hybridized carbons (Fsp3) is 0.185. The number of para-hydroxylation sites is 1. The zero-order valence-electron chi connectivity index (χ0n) is 18.5. The summed E-state index contributed by atoms with van der Waals surface area (Å²) in [6, 6.07) is 23.7. The minimum Gasteiger partial charge on any atom is -0.350 e. The van der Waals surface area contributed by atoms with Crippen LogP contribution >= 0.6 is 11.8 Å². The van der Waals surface area contributed by atoms with Crippen molar-refractivity contribution >= 4 is 35.3 Å². The Kier molecular flexibility index (Phi) is 6.47. The smallest absolute Gasteiger partial charge is 0.265 e. The molecule has 1 N–H and O–H groups in total. The molecule has 3 aromatic rings. The van der Waals surface area contributed by atoms with E-state index in [9.17, 15) is 9.59 Å². The minimum absolute atomic E-state index is 0.0168. The molecule has 4 nitrogen and oxygen atoms in total. The lowest BCUT2D eigenvalue weighted by Gasteiger charge is -2.30. The van der Waals surface area contributed by atoms with Crippen molar-refractivity contribution in [3.05, 3.63) is 100.0 Å². The number of rotatable bonds is 5. The van der Waals surface area contributed by atoms with Crippen molar-refractivity contribution in [2.45, 2.75) is 38.3 Å². The Labute approximate surface area is 193 Å². The van der Waals surface area contributed by atoms with Gasteiger partial charge in [0.25, 0.3) is 11.8 Å². The number of thioether (sulfide) groups is 1. The lowest BCUT2D eigenvalue weighted by atomic mass is 10.1. The van der Waals surface area contributed by atoms with E-state index >= 15 is 0 Å². The fourth-order valence-corrected chi connectivity index (χ4v) is 4.70. The van der Waals surface area contributed by atoms with Gasteiger partial charge in [0.2, 0.25) is 0 Å². The van der Waals surface area contributed by atoms with Crippen LogP contribution < -0.4 is 10.2 Å². The number of nitrogens with one attached hydrogen (secondary N) is 1. The number of carbonyl (C=O) groups excluding carboxylic acids is 2. The third-order valence-electron chi connectivity index (χ3n) is 5.15. The average molecular weight is 443 g/mol. The largest absolute Gasteiger partial charge is 0.350 e. The Morgan fingerprint density at radius 2 is 1.78 bits per heavy atom. The molecule has 0 radical (unpaired) electrons. The molecule has 4 rings (SSSR count). The highest BCUT2D eigenvalue weighted by Crippen LogP contribution is 2.42. The normalized spacial score (nSPS) is 14.6. The van der Waals surface area contributed by atoms with E-state index in [-0.39, 0.29) is 17.9 Å². The molecule has 162 valence electrons. The molecule has 5 heteroatoms. The van der Waals surface area contributed by atoms with Gasteiger partial charge in [0.05, 0.1) is 17.1 Å². The van der Waals surface area contributed by atoms with Gasteiger partial charge >= 0.3 is 0 Å². The monoisotopic (exact) mass is 442 g/mol. The lowest BCUT2D eigenvalue weighted by Crippen LogP contribution is -2.33. The molecular weight excluding hydrogens is 416 g/mol. The summed E-state index contributed by atoms with van der Waals surface area (Å²) in [5, 5.41) is 2.89. The molecule has 0 spiro atoms. The van der Waals surface area contributed by atoms with E-state index in [1.165, 1.54) is 17.3 Å². The molecule has 0 bridgehead atoms. The minimum atomic E-state index is -0.0967. The summed E-state index contributed by atoms with van der Waals surface area (Å²) in [5.74, 6) is -0.114. The van der Waals surface area contributed by atoms with E-state index in [1.54, 1.807) is 12.1 Å². The quantitative estimate of drug-likeness (QED) is 0.507. The molecule has 0 aromatic heterocycles. The van der Waals surface area contributed by atoms with Crippen LogP contribution in [0.5, 0.6) is 0 Å². The Morgan fingerprint density at radius 3 is 2.50 bits per heavy atom. The number of nitrogens with zero attached hydrogens (tertiary/aromatic N) is 1. The van der Waals surface area contributed by atoms with Crippen molar-refractivity contribution in [2.24, 2.45) is 0 Å². The summed E-state index contributed by atoms with van der Waals surface area (Å²) in [5.41, 5.74) is 4.69. The SMILES string of the molecule is Cc1cccc(CN2C(=O)C(=Cc3ccc(C(=O)NC(C)C)cc3)Sc3ccccc32)c1. The van der Waals surface area contributed by atoms with Gasteiger partial charge in [-0.3, -0.25) is 9.59 Å². The van der Waals surface area contributed by atoms with Crippen molar-refractivity contribution in [3.63, 3.8) is 0 Å². The van der Waals surface area contributed by atoms with Gasteiger partial charge in [-0.05, 0) is 62.2 Å². The molecule has 0 saturated carbocycles. The van der Waals surface area contributed by atoms with Gasteiger partial charge in [-0.1, -0.05) is 65.9 Å². The van der Waals surface area contributed by atoms with E-state index in [0.29, 0.717) is 17.0 Å². The van der Waals surface area contributed by atoms with Crippen LogP contribution in [0.15, 0.2) is 82.6 Å². The van der Waals surface area contributed by atoms with E-state index in [0.717, 1.165) is 21.7 Å². The zero-order chi connectivity index (χ0) is 22.7. The first-order valence-corrected chi connectivity index (χ1v) is 11.5. The van der Waals surface area contributed by atoms with Crippen molar-refractivity contribution in [2.75, 3.05) is 4.90 Å². The van der Waals surface area contributed by atoms with Crippen LogP contribution in [-0.4, -0.2) is 17.9 Å². The van der Waals surface area contributed by atoms with Crippen LogP contribution in [0.2, 0.25) is 0 Å². The first kappa shape index (κ1) is 21.9. The predicted molar refractivity (Wildman–Crippen MR) is 132 cm³/mol. The number of fused-ring (bicyclic) bond motifs is 1. The van der Waals surface area contributed by atoms with Crippen LogP contribution in [-0.2, 0) is 11.3 Å². The molecule has 32 heavy (non-hydrogen) atoms. The van der Waals surface area contributed by atoms with Crippen molar-refractivity contribution in [1.29, 1.82) is 0 Å². The van der Waals surface area contributed by atoms with Crippen molar-refractivity contribution in [3.8, 4) is 0 Å². The third kappa shape index (κ3) is 4.94. The number of anilines is 1. The summed E-state index contributed by atoms with van der Waals surface area (Å²) in [7, 11) is 0. The highest BCUT2D eigenvalue weighted by molar-refractivity contribution is 8.04. The number of hydrogen-bond acceptors (Lipinski definition) is 3. The van der Waals surface area contributed by atoms with Crippen molar-refractivity contribution < 1.29 is 9.59 Å². The summed E-state index contributed by atoms with van der Waals surface area (Å²) in [4.78, 5) is 29.2. The number of hydrogen-bond donors (Lipinski definition) is 1. The van der Waals surface area contributed by atoms with Gasteiger partial charge in [0.1, 0.15) is 0 Å².